The summed E-state index contributed by atoms with van der Waals surface area (Å²) in [5, 5.41) is 0. The van der Waals surface area contributed by atoms with E-state index in [2.05, 4.69) is 63.2 Å². The Kier molecular flexibility index (Phi) is 8.60. The second-order valence-electron chi connectivity index (χ2n) is 11.3. The van der Waals surface area contributed by atoms with Gasteiger partial charge in [-0.25, -0.2) is 15.0 Å². The number of morpholine rings is 1. The van der Waals surface area contributed by atoms with Gasteiger partial charge in [-0.1, -0.05) is 42.5 Å². The number of para-hydroxylation sites is 1. The Labute approximate surface area is 269 Å². The number of benzene rings is 3. The van der Waals surface area contributed by atoms with Crippen LogP contribution in [0.25, 0.3) is 11.3 Å². The maximum atomic E-state index is 5.62. The van der Waals surface area contributed by atoms with Gasteiger partial charge in [-0.05, 0) is 53.9 Å². The third-order valence-electron chi connectivity index (χ3n) is 8.44. The maximum absolute atomic E-state index is 5.62. The van der Waals surface area contributed by atoms with Crippen LogP contribution in [0, 0.1) is 0 Å². The molecule has 4 heterocycles. The molecule has 0 saturated carbocycles. The van der Waals surface area contributed by atoms with E-state index >= 15 is 0 Å². The third-order valence-corrected chi connectivity index (χ3v) is 8.44. The Morgan fingerprint density at radius 2 is 1.35 bits per heavy atom. The molecule has 5 aromatic rings. The number of anilines is 4. The predicted molar refractivity (Wildman–Crippen MR) is 179 cm³/mol. The van der Waals surface area contributed by atoms with Crippen LogP contribution in [0.2, 0.25) is 0 Å². The topological polar surface area (TPSA) is 89.0 Å². The monoisotopic (exact) mass is 615 g/mol. The van der Waals surface area contributed by atoms with Gasteiger partial charge in [-0.2, -0.15) is 4.98 Å². The number of fused-ring (bicyclic) bond motifs is 1. The number of aromatic nitrogens is 4. The predicted octanol–water partition coefficient (Wildman–Crippen LogP) is 5.69. The second kappa shape index (κ2) is 13.4. The molecule has 7 rings (SSSR count). The minimum atomic E-state index is 0.630. The van der Waals surface area contributed by atoms with Gasteiger partial charge < -0.3 is 28.9 Å². The van der Waals surface area contributed by atoms with Crippen molar-refractivity contribution in [3.8, 4) is 22.8 Å². The number of methoxy groups -OCH3 is 2. The van der Waals surface area contributed by atoms with Gasteiger partial charge in [0, 0.05) is 61.9 Å². The largest absolute Gasteiger partial charge is 0.497 e. The van der Waals surface area contributed by atoms with E-state index in [0.29, 0.717) is 38.2 Å². The first kappa shape index (κ1) is 29.5. The first-order valence-corrected chi connectivity index (χ1v) is 15.6. The molecule has 10 heteroatoms. The molecule has 1 saturated heterocycles. The summed E-state index contributed by atoms with van der Waals surface area (Å²) < 4.78 is 16.4. The highest BCUT2D eigenvalue weighted by molar-refractivity contribution is 5.76. The molecule has 10 nitrogen and oxygen atoms in total. The van der Waals surface area contributed by atoms with E-state index in [1.807, 2.05) is 42.7 Å². The van der Waals surface area contributed by atoms with E-state index in [1.165, 1.54) is 0 Å². The van der Waals surface area contributed by atoms with Crippen LogP contribution in [0.1, 0.15) is 16.7 Å². The van der Waals surface area contributed by atoms with E-state index in [1.54, 1.807) is 14.2 Å². The van der Waals surface area contributed by atoms with Crippen molar-refractivity contribution in [2.24, 2.45) is 0 Å². The Bertz CT molecular complexity index is 1700. The van der Waals surface area contributed by atoms with Gasteiger partial charge in [0.1, 0.15) is 17.3 Å². The number of ether oxygens (including phenoxy) is 3. The average Bonchev–Trinajstić information content (AvgIpc) is 3.57. The van der Waals surface area contributed by atoms with Gasteiger partial charge in [0.15, 0.2) is 0 Å². The Balaban J connectivity index is 1.23. The van der Waals surface area contributed by atoms with Crippen molar-refractivity contribution in [1.29, 1.82) is 0 Å². The Hall–Kier alpha value is -5.22. The molecule has 0 aliphatic carbocycles. The summed E-state index contributed by atoms with van der Waals surface area (Å²) in [5.41, 5.74) is 6.26. The summed E-state index contributed by atoms with van der Waals surface area (Å²) in [4.78, 5) is 26.7. The highest BCUT2D eigenvalue weighted by Crippen LogP contribution is 2.39. The SMILES string of the molecule is COc1ccc(CN(Cc2ccc(OC)cc2)c2ncc(-c3nc(N4CCOCC4)nc4c3CCN4c3ccccc3)cn2)cc1. The van der Waals surface area contributed by atoms with Crippen molar-refractivity contribution in [3.63, 3.8) is 0 Å². The molecule has 0 spiro atoms. The smallest absolute Gasteiger partial charge is 0.228 e. The first-order valence-electron chi connectivity index (χ1n) is 15.6. The van der Waals surface area contributed by atoms with E-state index in [0.717, 1.165) is 77.0 Å². The lowest BCUT2D eigenvalue weighted by Gasteiger charge is -2.28. The zero-order valence-corrected chi connectivity index (χ0v) is 26.2. The fraction of sp³-hybridized carbons (Fsp3) is 0.278. The molecule has 2 aromatic heterocycles. The van der Waals surface area contributed by atoms with Gasteiger partial charge in [0.2, 0.25) is 11.9 Å². The molecule has 3 aromatic carbocycles. The van der Waals surface area contributed by atoms with Crippen molar-refractivity contribution < 1.29 is 14.2 Å². The van der Waals surface area contributed by atoms with Gasteiger partial charge in [-0.3, -0.25) is 0 Å². The van der Waals surface area contributed by atoms with Gasteiger partial charge in [0.05, 0.1) is 33.1 Å². The molecule has 0 N–H and O–H groups in total. The van der Waals surface area contributed by atoms with Crippen LogP contribution in [-0.2, 0) is 24.2 Å². The first-order chi connectivity index (χ1) is 22.7. The van der Waals surface area contributed by atoms with Crippen LogP contribution in [0.15, 0.2) is 91.3 Å². The van der Waals surface area contributed by atoms with Crippen molar-refractivity contribution in [3.05, 3.63) is 108 Å². The lowest BCUT2D eigenvalue weighted by molar-refractivity contribution is 0.122. The summed E-state index contributed by atoms with van der Waals surface area (Å²) in [6, 6.07) is 26.6. The van der Waals surface area contributed by atoms with Crippen LogP contribution < -0.4 is 24.2 Å². The zero-order valence-electron chi connectivity index (χ0n) is 26.2. The van der Waals surface area contributed by atoms with Crippen LogP contribution in [0.4, 0.5) is 23.4 Å². The molecule has 0 unspecified atom stereocenters. The minimum absolute atomic E-state index is 0.630. The van der Waals surface area contributed by atoms with Crippen LogP contribution in [-0.4, -0.2) is 67.0 Å². The standard InChI is InChI=1S/C36H37N7O3/c1-44-30-12-8-26(9-13-30)24-42(25-27-10-14-31(45-2)15-11-27)35-37-22-28(23-38-35)33-32-16-17-43(29-6-4-3-5-7-29)34(32)40-36(39-33)41-18-20-46-21-19-41/h3-15,22-23H,16-21,24-25H2,1-2H3. The summed E-state index contributed by atoms with van der Waals surface area (Å²) in [6.45, 7) is 4.93. The van der Waals surface area contributed by atoms with Crippen molar-refractivity contribution in [2.45, 2.75) is 19.5 Å². The molecule has 0 radical (unpaired) electrons. The molecule has 2 aliphatic rings. The number of nitrogens with zero attached hydrogens (tertiary/aromatic N) is 7. The lowest BCUT2D eigenvalue weighted by Crippen LogP contribution is -2.37. The summed E-state index contributed by atoms with van der Waals surface area (Å²) in [6.07, 6.45) is 4.63. The fourth-order valence-electron chi connectivity index (χ4n) is 5.95. The third kappa shape index (κ3) is 6.29. The molecule has 1 fully saturated rings. The van der Waals surface area contributed by atoms with E-state index in [9.17, 15) is 0 Å². The summed E-state index contributed by atoms with van der Waals surface area (Å²) in [7, 11) is 3.35. The van der Waals surface area contributed by atoms with Crippen LogP contribution in [0.3, 0.4) is 0 Å². The fourth-order valence-corrected chi connectivity index (χ4v) is 5.95. The molecule has 2 aliphatic heterocycles. The normalized spacial score (nSPS) is 14.2. The van der Waals surface area contributed by atoms with E-state index in [4.69, 9.17) is 34.1 Å². The zero-order chi connectivity index (χ0) is 31.3. The highest BCUT2D eigenvalue weighted by atomic mass is 16.5. The Morgan fingerprint density at radius 3 is 1.93 bits per heavy atom. The number of rotatable bonds is 10. The molecule has 0 atom stereocenters. The molecular formula is C36H37N7O3. The number of hydrogen-bond acceptors (Lipinski definition) is 10. The lowest BCUT2D eigenvalue weighted by atomic mass is 10.1. The van der Waals surface area contributed by atoms with Crippen molar-refractivity contribution >= 4 is 23.4 Å². The van der Waals surface area contributed by atoms with E-state index in [-0.39, 0.29) is 0 Å². The van der Waals surface area contributed by atoms with Gasteiger partial charge in [-0.15, -0.1) is 0 Å². The average molecular weight is 616 g/mol. The number of hydrogen-bond donors (Lipinski definition) is 0. The molecule has 46 heavy (non-hydrogen) atoms. The second-order valence-corrected chi connectivity index (χ2v) is 11.3. The highest BCUT2D eigenvalue weighted by Gasteiger charge is 2.29. The van der Waals surface area contributed by atoms with Crippen LogP contribution in [0.5, 0.6) is 11.5 Å². The summed E-state index contributed by atoms with van der Waals surface area (Å²) >= 11 is 0. The Morgan fingerprint density at radius 1 is 0.739 bits per heavy atom. The van der Waals surface area contributed by atoms with E-state index < -0.39 is 0 Å². The van der Waals surface area contributed by atoms with Crippen molar-refractivity contribution in [1.82, 2.24) is 19.9 Å². The molecular weight excluding hydrogens is 578 g/mol. The quantitative estimate of drug-likeness (QED) is 0.195. The maximum Gasteiger partial charge on any atom is 0.228 e. The van der Waals surface area contributed by atoms with Crippen LogP contribution >= 0.6 is 0 Å². The molecule has 0 amide bonds. The van der Waals surface area contributed by atoms with Crippen molar-refractivity contribution in [2.75, 3.05) is 61.8 Å². The molecule has 234 valence electrons. The molecule has 0 bridgehead atoms. The van der Waals surface area contributed by atoms with Gasteiger partial charge >= 0.3 is 0 Å². The summed E-state index contributed by atoms with van der Waals surface area (Å²) in [5.74, 6) is 3.95. The minimum Gasteiger partial charge on any atom is -0.497 e. The van der Waals surface area contributed by atoms with Gasteiger partial charge in [0.25, 0.3) is 0 Å².